The van der Waals surface area contributed by atoms with Crippen LogP contribution in [-0.2, 0) is 0 Å². The summed E-state index contributed by atoms with van der Waals surface area (Å²) in [5.74, 6) is -2.84. The number of benzene rings is 2. The first-order valence-corrected chi connectivity index (χ1v) is 7.06. The molecular formula is C17H14ClF2NO2. The largest absolute Gasteiger partial charge is 0.452 e. The number of nitrogens with zero attached hydrogens (tertiary/aromatic N) is 1. The van der Waals surface area contributed by atoms with Crippen molar-refractivity contribution in [1.82, 2.24) is 4.90 Å². The number of carbonyl (C=O) groups excluding carboxylic acids is 1. The summed E-state index contributed by atoms with van der Waals surface area (Å²) >= 11 is 5.79. The van der Waals surface area contributed by atoms with Gasteiger partial charge in [0.25, 0.3) is 0 Å². The second kappa shape index (κ2) is 7.24. The molecule has 2 aromatic carbocycles. The van der Waals surface area contributed by atoms with Crippen LogP contribution in [0.2, 0.25) is 5.02 Å². The van der Waals surface area contributed by atoms with Crippen molar-refractivity contribution in [3.05, 3.63) is 76.6 Å². The van der Waals surface area contributed by atoms with E-state index in [9.17, 15) is 13.6 Å². The standard InChI is InChI=1S/C17H14ClF2NO2/c1-21(2)10-15(23-12-8-6-11(18)7-9-12)17(22)13-4-3-5-14(19)16(13)20/h3-10H,1-2H3. The zero-order chi connectivity index (χ0) is 17.0. The van der Waals surface area contributed by atoms with Gasteiger partial charge in [0, 0.05) is 25.3 Å². The van der Waals surface area contributed by atoms with Gasteiger partial charge in [0.2, 0.25) is 5.78 Å². The third-order valence-corrected chi connectivity index (χ3v) is 3.09. The van der Waals surface area contributed by atoms with Gasteiger partial charge in [0.15, 0.2) is 17.4 Å². The molecule has 3 nitrogen and oxygen atoms in total. The molecule has 6 heteroatoms. The predicted molar refractivity (Wildman–Crippen MR) is 84.5 cm³/mol. The highest BCUT2D eigenvalue weighted by Crippen LogP contribution is 2.21. The summed E-state index contributed by atoms with van der Waals surface area (Å²) < 4.78 is 32.7. The van der Waals surface area contributed by atoms with Crippen LogP contribution in [0, 0.1) is 11.6 Å². The minimum Gasteiger partial charge on any atom is -0.452 e. The van der Waals surface area contributed by atoms with Crippen LogP contribution in [0.3, 0.4) is 0 Å². The number of hydrogen-bond acceptors (Lipinski definition) is 3. The first kappa shape index (κ1) is 17.0. The van der Waals surface area contributed by atoms with Crippen molar-refractivity contribution in [2.75, 3.05) is 14.1 Å². The Bertz CT molecular complexity index is 743. The first-order valence-electron chi connectivity index (χ1n) is 6.69. The lowest BCUT2D eigenvalue weighted by atomic mass is 10.1. The Kier molecular flexibility index (Phi) is 5.34. The molecular weight excluding hydrogens is 324 g/mol. The average Bonchev–Trinajstić information content (AvgIpc) is 2.50. The fourth-order valence-corrected chi connectivity index (χ4v) is 1.93. The van der Waals surface area contributed by atoms with Crippen LogP contribution in [0.25, 0.3) is 0 Å². The molecule has 0 aromatic heterocycles. The molecule has 0 N–H and O–H groups in total. The topological polar surface area (TPSA) is 29.5 Å². The molecule has 0 amide bonds. The molecule has 23 heavy (non-hydrogen) atoms. The fourth-order valence-electron chi connectivity index (χ4n) is 1.81. The molecule has 2 rings (SSSR count). The number of halogens is 3. The number of ether oxygens (including phenoxy) is 1. The van der Waals surface area contributed by atoms with Gasteiger partial charge in [-0.25, -0.2) is 8.78 Å². The smallest absolute Gasteiger partial charge is 0.232 e. The van der Waals surface area contributed by atoms with Crippen LogP contribution in [0.4, 0.5) is 8.78 Å². The molecule has 0 fully saturated rings. The molecule has 0 radical (unpaired) electrons. The van der Waals surface area contributed by atoms with Gasteiger partial charge in [-0.2, -0.15) is 0 Å². The Morgan fingerprint density at radius 2 is 1.78 bits per heavy atom. The van der Waals surface area contributed by atoms with Crippen molar-refractivity contribution in [2.45, 2.75) is 0 Å². The van der Waals surface area contributed by atoms with E-state index in [0.717, 1.165) is 6.07 Å². The quantitative estimate of drug-likeness (QED) is 0.463. The van der Waals surface area contributed by atoms with Crippen LogP contribution in [0.5, 0.6) is 5.75 Å². The third-order valence-electron chi connectivity index (χ3n) is 2.84. The molecule has 0 unspecified atom stereocenters. The summed E-state index contributed by atoms with van der Waals surface area (Å²) in [5.41, 5.74) is -0.396. The molecule has 0 aliphatic rings. The number of carbonyl (C=O) groups is 1. The number of Topliss-reactive ketones (excluding diaryl/α,β-unsaturated/α-hetero) is 1. The van der Waals surface area contributed by atoms with Crippen LogP contribution in [0.1, 0.15) is 10.4 Å². The normalized spacial score (nSPS) is 11.3. The van der Waals surface area contributed by atoms with E-state index in [1.54, 1.807) is 43.3 Å². The molecule has 0 aliphatic carbocycles. The maximum atomic E-state index is 13.8. The molecule has 0 atom stereocenters. The SMILES string of the molecule is CN(C)C=C(Oc1ccc(Cl)cc1)C(=O)c1cccc(F)c1F. The lowest BCUT2D eigenvalue weighted by Crippen LogP contribution is -2.16. The Labute approximate surface area is 137 Å². The van der Waals surface area contributed by atoms with Crippen LogP contribution in [0.15, 0.2) is 54.4 Å². The highest BCUT2D eigenvalue weighted by molar-refractivity contribution is 6.30. The molecule has 0 bridgehead atoms. The van der Waals surface area contributed by atoms with Gasteiger partial charge in [-0.05, 0) is 36.4 Å². The lowest BCUT2D eigenvalue weighted by molar-refractivity contribution is 0.0977. The molecule has 0 spiro atoms. The minimum absolute atomic E-state index is 0.137. The van der Waals surface area contributed by atoms with E-state index in [0.29, 0.717) is 10.8 Å². The Morgan fingerprint density at radius 3 is 2.39 bits per heavy atom. The summed E-state index contributed by atoms with van der Waals surface area (Å²) in [5, 5.41) is 0.512. The maximum absolute atomic E-state index is 13.8. The van der Waals surface area contributed by atoms with E-state index in [4.69, 9.17) is 16.3 Å². The molecule has 2 aromatic rings. The van der Waals surface area contributed by atoms with Gasteiger partial charge in [-0.1, -0.05) is 17.7 Å². The van der Waals surface area contributed by atoms with E-state index < -0.39 is 23.0 Å². The predicted octanol–water partition coefficient (Wildman–Crippen LogP) is 4.28. The first-order chi connectivity index (χ1) is 10.9. The van der Waals surface area contributed by atoms with Crippen molar-refractivity contribution >= 4 is 17.4 Å². The molecule has 0 saturated carbocycles. The van der Waals surface area contributed by atoms with Gasteiger partial charge >= 0.3 is 0 Å². The minimum atomic E-state index is -1.21. The van der Waals surface area contributed by atoms with E-state index in [-0.39, 0.29) is 5.76 Å². The summed E-state index contributed by atoms with van der Waals surface area (Å²) in [6.07, 6.45) is 1.39. The van der Waals surface area contributed by atoms with Gasteiger partial charge < -0.3 is 9.64 Å². The van der Waals surface area contributed by atoms with E-state index in [2.05, 4.69) is 0 Å². The van der Waals surface area contributed by atoms with Crippen LogP contribution in [-0.4, -0.2) is 24.8 Å². The van der Waals surface area contributed by atoms with Gasteiger partial charge in [-0.3, -0.25) is 4.79 Å². The number of ketones is 1. The Balaban J connectivity index is 2.37. The van der Waals surface area contributed by atoms with E-state index >= 15 is 0 Å². The summed E-state index contributed by atoms with van der Waals surface area (Å²) in [6.45, 7) is 0. The van der Waals surface area contributed by atoms with Crippen molar-refractivity contribution < 1.29 is 18.3 Å². The molecule has 0 heterocycles. The van der Waals surface area contributed by atoms with Gasteiger partial charge in [0.1, 0.15) is 5.75 Å². The van der Waals surface area contributed by atoms with Crippen molar-refractivity contribution in [3.63, 3.8) is 0 Å². The summed E-state index contributed by atoms with van der Waals surface area (Å²) in [4.78, 5) is 14.0. The zero-order valence-electron chi connectivity index (χ0n) is 12.5. The maximum Gasteiger partial charge on any atom is 0.232 e. The number of allylic oxidation sites excluding steroid dienone is 1. The molecule has 0 aliphatic heterocycles. The highest BCUT2D eigenvalue weighted by atomic mass is 35.5. The second-order valence-electron chi connectivity index (χ2n) is 4.94. The second-order valence-corrected chi connectivity index (χ2v) is 5.38. The number of rotatable bonds is 5. The van der Waals surface area contributed by atoms with E-state index in [1.165, 1.54) is 18.3 Å². The van der Waals surface area contributed by atoms with Crippen LogP contribution < -0.4 is 4.74 Å². The molecule has 0 saturated heterocycles. The van der Waals surface area contributed by atoms with Gasteiger partial charge in [0.05, 0.1) is 5.56 Å². The van der Waals surface area contributed by atoms with Crippen molar-refractivity contribution in [1.29, 1.82) is 0 Å². The monoisotopic (exact) mass is 337 g/mol. The molecule has 120 valence electrons. The summed E-state index contributed by atoms with van der Waals surface area (Å²) in [7, 11) is 3.36. The summed E-state index contributed by atoms with van der Waals surface area (Å²) in [6, 6.07) is 9.75. The lowest BCUT2D eigenvalue weighted by Gasteiger charge is -2.13. The highest BCUT2D eigenvalue weighted by Gasteiger charge is 2.21. The van der Waals surface area contributed by atoms with Crippen LogP contribution >= 0.6 is 11.6 Å². The third kappa shape index (κ3) is 4.29. The Hall–Kier alpha value is -2.40. The van der Waals surface area contributed by atoms with Gasteiger partial charge in [-0.15, -0.1) is 0 Å². The number of hydrogen-bond donors (Lipinski definition) is 0. The van der Waals surface area contributed by atoms with E-state index in [1.807, 2.05) is 0 Å². The van der Waals surface area contributed by atoms with Crippen molar-refractivity contribution in [2.24, 2.45) is 0 Å². The Morgan fingerprint density at radius 1 is 1.13 bits per heavy atom. The fraction of sp³-hybridized carbons (Fsp3) is 0.118. The van der Waals surface area contributed by atoms with Crippen molar-refractivity contribution in [3.8, 4) is 5.75 Å². The zero-order valence-corrected chi connectivity index (χ0v) is 13.3. The average molecular weight is 338 g/mol.